The third kappa shape index (κ3) is 1.55. The molecular weight excluding hydrogens is 451 g/mol. The fourth-order valence-electron chi connectivity index (χ4n) is 7.38. The molecule has 8 nitrogen and oxygen atoms in total. The molecule has 0 saturated heterocycles. The Morgan fingerprint density at radius 1 is 1.04 bits per heavy atom. The van der Waals surface area contributed by atoms with E-state index < -0.39 is 9.85 Å². The number of halogens is 1. The number of anilines is 1. The number of alkyl halides is 1. The van der Waals surface area contributed by atoms with E-state index in [0.717, 1.165) is 45.5 Å². The molecule has 6 saturated carbocycles. The van der Waals surface area contributed by atoms with Gasteiger partial charge in [0.05, 0.1) is 15.9 Å². The van der Waals surface area contributed by atoms with E-state index in [0.29, 0.717) is 11.8 Å². The van der Waals surface area contributed by atoms with E-state index in [4.69, 9.17) is 0 Å². The van der Waals surface area contributed by atoms with Crippen LogP contribution in [0.15, 0.2) is 23.3 Å². The van der Waals surface area contributed by atoms with Crippen molar-refractivity contribution < 1.29 is 9.85 Å². The molecule has 0 unspecified atom stereocenters. The minimum absolute atomic E-state index is 0.220. The summed E-state index contributed by atoms with van der Waals surface area (Å²) in [5, 5.41) is 26.8. The number of benzene rings is 1. The highest BCUT2D eigenvalue weighted by molar-refractivity contribution is 14.1. The van der Waals surface area contributed by atoms with Crippen molar-refractivity contribution in [3.8, 4) is 0 Å². The lowest BCUT2D eigenvalue weighted by atomic mass is 9.71. The van der Waals surface area contributed by atoms with Crippen molar-refractivity contribution in [3.05, 3.63) is 38.4 Å². The van der Waals surface area contributed by atoms with Crippen molar-refractivity contribution in [1.82, 2.24) is 0 Å². The second-order valence-corrected chi connectivity index (χ2v) is 9.67. The van der Waals surface area contributed by atoms with Crippen LogP contribution in [0.5, 0.6) is 0 Å². The molecule has 9 heteroatoms. The molecule has 1 N–H and O–H groups in total. The van der Waals surface area contributed by atoms with Gasteiger partial charge in [-0.15, -0.1) is 0 Å². The van der Waals surface area contributed by atoms with Gasteiger partial charge in [0.15, 0.2) is 0 Å². The van der Waals surface area contributed by atoms with Crippen molar-refractivity contribution in [2.24, 2.45) is 52.4 Å². The number of nitrogens with one attached hydrogen (secondary N) is 1. The first-order valence-corrected chi connectivity index (χ1v) is 10.1. The van der Waals surface area contributed by atoms with Gasteiger partial charge < -0.3 is 0 Å². The summed E-state index contributed by atoms with van der Waals surface area (Å²) < 4.78 is 0.758. The summed E-state index contributed by atoms with van der Waals surface area (Å²) in [6.07, 6.45) is 1.34. The van der Waals surface area contributed by atoms with Crippen molar-refractivity contribution in [2.45, 2.75) is 10.3 Å². The molecule has 0 amide bonds. The van der Waals surface area contributed by atoms with Crippen LogP contribution in [0.4, 0.5) is 17.1 Å². The largest absolute Gasteiger partial charge is 0.301 e. The minimum Gasteiger partial charge on any atom is -0.272 e. The van der Waals surface area contributed by atoms with Crippen LogP contribution in [0.25, 0.3) is 0 Å². The third-order valence-electron chi connectivity index (χ3n) is 7.73. The standard InChI is InChI=1S/C17H15IN4O4/c18-16-12-6-4-7-10(12)15-14(16)11(6)13(7)17(15)20-19-8-2-1-5(21(23)24)3-9(8)22(25)26/h1-3,6-7,10-16,19H,4H2/b20-17-/t6-,7+,10+,11+,12-,13+,14-,15+,16+/m1/s1. The molecule has 0 heterocycles. The molecule has 0 radical (unpaired) electrons. The highest BCUT2D eigenvalue weighted by atomic mass is 127. The Hall–Kier alpha value is -1.78. The normalized spacial score (nSPS) is 46.8. The lowest BCUT2D eigenvalue weighted by molar-refractivity contribution is -0.393. The number of non-ortho nitro benzene ring substituents is 1. The lowest BCUT2D eigenvalue weighted by Gasteiger charge is -2.32. The number of nitrogens with zero attached hydrogens (tertiary/aromatic N) is 3. The smallest absolute Gasteiger partial charge is 0.272 e. The maximum absolute atomic E-state index is 11.3. The molecule has 26 heavy (non-hydrogen) atoms. The zero-order chi connectivity index (χ0) is 17.9. The summed E-state index contributed by atoms with van der Waals surface area (Å²) in [4.78, 5) is 20.9. The molecule has 9 atom stereocenters. The second-order valence-electron chi connectivity index (χ2n) is 8.23. The predicted octanol–water partition coefficient (Wildman–Crippen LogP) is 3.46. The first kappa shape index (κ1) is 15.3. The second kappa shape index (κ2) is 4.73. The van der Waals surface area contributed by atoms with Crippen LogP contribution in [0.3, 0.4) is 0 Å². The molecule has 6 aliphatic rings. The first-order valence-electron chi connectivity index (χ1n) is 8.89. The highest BCUT2D eigenvalue weighted by Gasteiger charge is 2.82. The van der Waals surface area contributed by atoms with Crippen LogP contribution < -0.4 is 5.43 Å². The molecule has 6 aliphatic carbocycles. The Morgan fingerprint density at radius 2 is 1.81 bits per heavy atom. The van der Waals surface area contributed by atoms with Gasteiger partial charge in [0.1, 0.15) is 5.69 Å². The summed E-state index contributed by atoms with van der Waals surface area (Å²) in [6, 6.07) is 3.65. The monoisotopic (exact) mass is 466 g/mol. The molecule has 7 rings (SSSR count). The molecule has 6 fully saturated rings. The van der Waals surface area contributed by atoms with Gasteiger partial charge in [0.2, 0.25) is 0 Å². The number of hydrogen-bond acceptors (Lipinski definition) is 6. The molecule has 0 spiro atoms. The van der Waals surface area contributed by atoms with Gasteiger partial charge in [0.25, 0.3) is 5.69 Å². The molecular formula is C17H15IN4O4. The van der Waals surface area contributed by atoms with Crippen LogP contribution in [-0.2, 0) is 0 Å². The Balaban J connectivity index is 1.35. The van der Waals surface area contributed by atoms with E-state index in [1.807, 2.05) is 0 Å². The maximum Gasteiger partial charge on any atom is 0.301 e. The van der Waals surface area contributed by atoms with Crippen molar-refractivity contribution in [3.63, 3.8) is 0 Å². The van der Waals surface area contributed by atoms with E-state index in [1.165, 1.54) is 24.3 Å². The van der Waals surface area contributed by atoms with Gasteiger partial charge in [-0.25, -0.2) is 0 Å². The van der Waals surface area contributed by atoms with E-state index >= 15 is 0 Å². The van der Waals surface area contributed by atoms with Crippen LogP contribution in [0.2, 0.25) is 0 Å². The van der Waals surface area contributed by atoms with E-state index in [9.17, 15) is 20.2 Å². The quantitative estimate of drug-likeness (QED) is 0.316. The van der Waals surface area contributed by atoms with Crippen LogP contribution in [0, 0.1) is 67.6 Å². The average Bonchev–Trinajstić information content (AvgIpc) is 3.35. The highest BCUT2D eigenvalue weighted by Crippen LogP contribution is 2.82. The Kier molecular flexibility index (Phi) is 2.78. The lowest BCUT2D eigenvalue weighted by Crippen LogP contribution is -2.30. The molecule has 1 aromatic rings. The summed E-state index contributed by atoms with van der Waals surface area (Å²) in [5.41, 5.74) is 3.72. The molecule has 6 bridgehead atoms. The van der Waals surface area contributed by atoms with E-state index in [1.54, 1.807) is 0 Å². The number of nitro benzene ring substituents is 2. The summed E-state index contributed by atoms with van der Waals surface area (Å²) in [6.45, 7) is 0. The molecule has 0 aliphatic heterocycles. The number of hydrazone groups is 1. The van der Waals surface area contributed by atoms with Gasteiger partial charge in [-0.2, -0.15) is 5.10 Å². The van der Waals surface area contributed by atoms with E-state index in [-0.39, 0.29) is 17.1 Å². The topological polar surface area (TPSA) is 111 Å². The van der Waals surface area contributed by atoms with Crippen molar-refractivity contribution in [1.29, 1.82) is 0 Å². The van der Waals surface area contributed by atoms with E-state index in [2.05, 4.69) is 33.1 Å². The number of hydrogen-bond donors (Lipinski definition) is 1. The van der Waals surface area contributed by atoms with Gasteiger partial charge in [-0.3, -0.25) is 25.7 Å². The van der Waals surface area contributed by atoms with Crippen molar-refractivity contribution in [2.75, 3.05) is 5.43 Å². The van der Waals surface area contributed by atoms with Gasteiger partial charge in [-0.1, -0.05) is 22.6 Å². The van der Waals surface area contributed by atoms with Gasteiger partial charge in [-0.05, 0) is 48.0 Å². The van der Waals surface area contributed by atoms with Gasteiger partial charge in [0, 0.05) is 27.5 Å². The van der Waals surface area contributed by atoms with Crippen molar-refractivity contribution >= 4 is 45.4 Å². The first-order chi connectivity index (χ1) is 12.5. The SMILES string of the molecule is O=[N+]([O-])c1ccc(N/N=C2\[C@H]3[C@H]4[C@@H]5C[C@H]6[C@H]4[C@H](I)[C@@H]3[C@@H]6[C@@H]25)c([N+](=O)[O-])c1. The van der Waals surface area contributed by atoms with Gasteiger partial charge >= 0.3 is 5.69 Å². The fourth-order valence-corrected chi connectivity index (χ4v) is 9.32. The minimum atomic E-state index is -0.626. The summed E-state index contributed by atoms with van der Waals surface area (Å²) in [7, 11) is 0. The van der Waals surface area contributed by atoms with Crippen LogP contribution in [-0.4, -0.2) is 19.5 Å². The third-order valence-corrected chi connectivity index (χ3v) is 9.40. The fraction of sp³-hybridized carbons (Fsp3) is 0.588. The maximum atomic E-state index is 11.3. The van der Waals surface area contributed by atoms with Crippen LogP contribution >= 0.6 is 22.6 Å². The molecule has 134 valence electrons. The Bertz CT molecular complexity index is 918. The average molecular weight is 466 g/mol. The van der Waals surface area contributed by atoms with Crippen LogP contribution in [0.1, 0.15) is 6.42 Å². The zero-order valence-electron chi connectivity index (χ0n) is 13.5. The summed E-state index contributed by atoms with van der Waals surface area (Å²) >= 11 is 2.65. The molecule has 0 aromatic heterocycles. The Labute approximate surface area is 161 Å². The molecule has 1 aromatic carbocycles. The number of rotatable bonds is 4. The summed E-state index contributed by atoms with van der Waals surface area (Å²) in [5.74, 6) is 5.89. The predicted molar refractivity (Wildman–Crippen MR) is 101 cm³/mol. The Morgan fingerprint density at radius 3 is 2.50 bits per heavy atom. The zero-order valence-corrected chi connectivity index (χ0v) is 15.6. The number of nitro groups is 2.